The summed E-state index contributed by atoms with van der Waals surface area (Å²) in [4.78, 5) is 17.9. The Morgan fingerprint density at radius 3 is 2.76 bits per heavy atom. The number of nitrogens with two attached hydrogens (primary N) is 1. The molecule has 1 aromatic heterocycles. The van der Waals surface area contributed by atoms with Gasteiger partial charge in [0.2, 0.25) is 0 Å². The van der Waals surface area contributed by atoms with Crippen LogP contribution < -0.4 is 5.73 Å². The van der Waals surface area contributed by atoms with Gasteiger partial charge in [0.25, 0.3) is 5.91 Å². The zero-order valence-electron chi connectivity index (χ0n) is 10.2. The number of rotatable bonds is 3. The van der Waals surface area contributed by atoms with Gasteiger partial charge in [-0.15, -0.1) is 0 Å². The molecule has 92 valence electrons. The average molecular weight is 233 g/mol. The van der Waals surface area contributed by atoms with Crippen molar-refractivity contribution in [2.24, 2.45) is 5.92 Å². The second-order valence-corrected chi connectivity index (χ2v) is 4.81. The van der Waals surface area contributed by atoms with Gasteiger partial charge >= 0.3 is 0 Å². The predicted octanol–water partition coefficient (Wildman–Crippen LogP) is 1.93. The molecule has 1 amide bonds. The summed E-state index contributed by atoms with van der Waals surface area (Å²) in [5.74, 6) is 0.648. The molecule has 1 fully saturated rings. The first-order valence-corrected chi connectivity index (χ1v) is 6.14. The summed E-state index contributed by atoms with van der Waals surface area (Å²) in [6.07, 6.45) is 6.61. The molecule has 2 rings (SSSR count). The monoisotopic (exact) mass is 233 g/mol. The third-order valence-corrected chi connectivity index (χ3v) is 3.36. The van der Waals surface area contributed by atoms with Gasteiger partial charge in [0.05, 0.1) is 11.9 Å². The lowest BCUT2D eigenvalue weighted by Gasteiger charge is -2.20. The molecule has 1 aliphatic rings. The number of aromatic nitrogens is 1. The van der Waals surface area contributed by atoms with E-state index in [0.29, 0.717) is 17.3 Å². The maximum Gasteiger partial charge on any atom is 0.272 e. The third-order valence-electron chi connectivity index (χ3n) is 3.36. The SMILES string of the molecule is CN(CC1CCCC1)C(=O)c1ccc(N)cn1. The van der Waals surface area contributed by atoms with Crippen molar-refractivity contribution in [2.45, 2.75) is 25.7 Å². The Labute approximate surface area is 102 Å². The maximum atomic E-state index is 12.1. The molecule has 0 spiro atoms. The molecule has 0 aromatic carbocycles. The second kappa shape index (κ2) is 5.17. The Morgan fingerprint density at radius 1 is 1.47 bits per heavy atom. The zero-order chi connectivity index (χ0) is 12.3. The summed E-state index contributed by atoms with van der Waals surface area (Å²) < 4.78 is 0. The first-order chi connectivity index (χ1) is 8.16. The number of nitrogen functional groups attached to an aromatic ring is 1. The van der Waals surface area contributed by atoms with Crippen LogP contribution in [0.3, 0.4) is 0 Å². The summed E-state index contributed by atoms with van der Waals surface area (Å²) in [6, 6.07) is 3.40. The van der Waals surface area contributed by atoms with Crippen LogP contribution in [0.15, 0.2) is 18.3 Å². The number of carbonyl (C=O) groups is 1. The van der Waals surface area contributed by atoms with Gasteiger partial charge in [0.1, 0.15) is 5.69 Å². The highest BCUT2D eigenvalue weighted by Crippen LogP contribution is 2.25. The van der Waals surface area contributed by atoms with E-state index in [2.05, 4.69) is 4.98 Å². The molecule has 0 radical (unpaired) electrons. The molecule has 1 saturated carbocycles. The van der Waals surface area contributed by atoms with Crippen molar-refractivity contribution < 1.29 is 4.79 Å². The molecule has 0 aliphatic heterocycles. The lowest BCUT2D eigenvalue weighted by Crippen LogP contribution is -2.31. The fourth-order valence-corrected chi connectivity index (χ4v) is 2.39. The van der Waals surface area contributed by atoms with E-state index in [9.17, 15) is 4.79 Å². The number of hydrogen-bond donors (Lipinski definition) is 1. The van der Waals surface area contributed by atoms with Gasteiger partial charge < -0.3 is 10.6 Å². The fraction of sp³-hybridized carbons (Fsp3) is 0.538. The summed E-state index contributed by atoms with van der Waals surface area (Å²) in [5.41, 5.74) is 6.60. The molecule has 0 unspecified atom stereocenters. The van der Waals surface area contributed by atoms with Gasteiger partial charge in [0, 0.05) is 13.6 Å². The van der Waals surface area contributed by atoms with E-state index < -0.39 is 0 Å². The quantitative estimate of drug-likeness (QED) is 0.867. The van der Waals surface area contributed by atoms with Crippen molar-refractivity contribution in [3.8, 4) is 0 Å². The van der Waals surface area contributed by atoms with Crippen LogP contribution in [0.1, 0.15) is 36.2 Å². The van der Waals surface area contributed by atoms with Crippen molar-refractivity contribution in [1.82, 2.24) is 9.88 Å². The molecular weight excluding hydrogens is 214 g/mol. The van der Waals surface area contributed by atoms with Crippen molar-refractivity contribution in [1.29, 1.82) is 0 Å². The molecule has 0 bridgehead atoms. The fourth-order valence-electron chi connectivity index (χ4n) is 2.39. The van der Waals surface area contributed by atoms with Gasteiger partial charge in [-0.1, -0.05) is 12.8 Å². The van der Waals surface area contributed by atoms with Gasteiger partial charge in [-0.05, 0) is 30.9 Å². The molecule has 0 saturated heterocycles. The van der Waals surface area contributed by atoms with E-state index in [-0.39, 0.29) is 5.91 Å². The zero-order valence-corrected chi connectivity index (χ0v) is 10.2. The van der Waals surface area contributed by atoms with E-state index in [1.54, 1.807) is 17.0 Å². The van der Waals surface area contributed by atoms with Crippen molar-refractivity contribution in [2.75, 3.05) is 19.3 Å². The predicted molar refractivity (Wildman–Crippen MR) is 67.6 cm³/mol. The standard InChI is InChI=1S/C13H19N3O/c1-16(9-10-4-2-3-5-10)13(17)12-7-6-11(14)8-15-12/h6-8,10H,2-5,9,14H2,1H3. The molecule has 1 aromatic rings. The van der Waals surface area contributed by atoms with E-state index in [0.717, 1.165) is 6.54 Å². The van der Waals surface area contributed by atoms with E-state index >= 15 is 0 Å². The Kier molecular flexibility index (Phi) is 3.61. The molecule has 1 aliphatic carbocycles. The Morgan fingerprint density at radius 2 is 2.18 bits per heavy atom. The number of pyridine rings is 1. The third kappa shape index (κ3) is 2.96. The minimum Gasteiger partial charge on any atom is -0.397 e. The Hall–Kier alpha value is -1.58. The lowest BCUT2D eigenvalue weighted by molar-refractivity contribution is 0.0767. The van der Waals surface area contributed by atoms with Crippen LogP contribution in [0.4, 0.5) is 5.69 Å². The van der Waals surface area contributed by atoms with Gasteiger partial charge in [0.15, 0.2) is 0 Å². The van der Waals surface area contributed by atoms with Crippen LogP contribution in [0, 0.1) is 5.92 Å². The van der Waals surface area contributed by atoms with E-state index in [4.69, 9.17) is 5.73 Å². The van der Waals surface area contributed by atoms with Crippen molar-refractivity contribution in [3.63, 3.8) is 0 Å². The van der Waals surface area contributed by atoms with Gasteiger partial charge in [-0.3, -0.25) is 4.79 Å². The smallest absolute Gasteiger partial charge is 0.272 e. The van der Waals surface area contributed by atoms with Crippen LogP contribution in [-0.2, 0) is 0 Å². The van der Waals surface area contributed by atoms with Crippen LogP contribution in [0.5, 0.6) is 0 Å². The van der Waals surface area contributed by atoms with E-state index in [1.807, 2.05) is 7.05 Å². The highest BCUT2D eigenvalue weighted by atomic mass is 16.2. The molecular formula is C13H19N3O. The van der Waals surface area contributed by atoms with Crippen LogP contribution in [0.2, 0.25) is 0 Å². The second-order valence-electron chi connectivity index (χ2n) is 4.81. The molecule has 1 heterocycles. The minimum absolute atomic E-state index is 0.0168. The number of nitrogens with zero attached hydrogens (tertiary/aromatic N) is 2. The Balaban J connectivity index is 1.96. The summed E-state index contributed by atoms with van der Waals surface area (Å²) in [5, 5.41) is 0. The first-order valence-electron chi connectivity index (χ1n) is 6.14. The average Bonchev–Trinajstić information content (AvgIpc) is 2.82. The topological polar surface area (TPSA) is 59.2 Å². The highest BCUT2D eigenvalue weighted by Gasteiger charge is 2.20. The van der Waals surface area contributed by atoms with Crippen molar-refractivity contribution in [3.05, 3.63) is 24.0 Å². The van der Waals surface area contributed by atoms with Crippen molar-refractivity contribution >= 4 is 11.6 Å². The van der Waals surface area contributed by atoms with Gasteiger partial charge in [-0.25, -0.2) is 4.98 Å². The molecule has 4 heteroatoms. The largest absolute Gasteiger partial charge is 0.397 e. The Bertz CT molecular complexity index is 382. The molecule has 0 atom stereocenters. The summed E-state index contributed by atoms with van der Waals surface area (Å²) in [7, 11) is 1.85. The summed E-state index contributed by atoms with van der Waals surface area (Å²) >= 11 is 0. The number of hydrogen-bond acceptors (Lipinski definition) is 3. The number of carbonyl (C=O) groups excluding carboxylic acids is 1. The normalized spacial score (nSPS) is 16.1. The molecule has 4 nitrogen and oxygen atoms in total. The maximum absolute atomic E-state index is 12.1. The molecule has 2 N–H and O–H groups in total. The van der Waals surface area contributed by atoms with Crippen LogP contribution >= 0.6 is 0 Å². The highest BCUT2D eigenvalue weighted by molar-refractivity contribution is 5.92. The van der Waals surface area contributed by atoms with Crippen LogP contribution in [0.25, 0.3) is 0 Å². The summed E-state index contributed by atoms with van der Waals surface area (Å²) in [6.45, 7) is 0.838. The molecule has 17 heavy (non-hydrogen) atoms. The first kappa shape index (κ1) is 11.9. The number of anilines is 1. The van der Waals surface area contributed by atoms with E-state index in [1.165, 1.54) is 31.9 Å². The van der Waals surface area contributed by atoms with Crippen LogP contribution in [-0.4, -0.2) is 29.4 Å². The minimum atomic E-state index is -0.0168. The van der Waals surface area contributed by atoms with Gasteiger partial charge in [-0.2, -0.15) is 0 Å². The lowest BCUT2D eigenvalue weighted by atomic mass is 10.1. The number of amides is 1.